The number of carbonyl (C=O) groups excluding carboxylic acids is 1. The van der Waals surface area contributed by atoms with E-state index in [0.29, 0.717) is 0 Å². The van der Waals surface area contributed by atoms with Crippen LogP contribution in [0.5, 0.6) is 0 Å². The van der Waals surface area contributed by atoms with Crippen molar-refractivity contribution in [2.24, 2.45) is 15.3 Å². The van der Waals surface area contributed by atoms with Crippen molar-refractivity contribution in [3.05, 3.63) is 54.6 Å². The molecular weight excluding hydrogens is 657 g/mol. The summed E-state index contributed by atoms with van der Waals surface area (Å²) in [5, 5.41) is 12.1. The van der Waals surface area contributed by atoms with Gasteiger partial charge in [-0.1, -0.05) is 18.2 Å². The van der Waals surface area contributed by atoms with Crippen molar-refractivity contribution < 1.29 is 56.3 Å². The Morgan fingerprint density at radius 2 is 1.51 bits per heavy atom. The van der Waals surface area contributed by atoms with Gasteiger partial charge in [-0.3, -0.25) is 18.5 Å². The summed E-state index contributed by atoms with van der Waals surface area (Å²) in [7, 11) is -18.7. The van der Waals surface area contributed by atoms with Crippen LogP contribution in [0.4, 0.5) is 11.4 Å². The molecule has 1 unspecified atom stereocenters. The second-order valence-electron chi connectivity index (χ2n) is 8.79. The molecule has 0 aromatic heterocycles. The summed E-state index contributed by atoms with van der Waals surface area (Å²) in [5.41, 5.74) is -0.234. The van der Waals surface area contributed by atoms with E-state index in [9.17, 15) is 47.6 Å². The van der Waals surface area contributed by atoms with E-state index in [4.69, 9.17) is 4.55 Å². The first-order chi connectivity index (χ1) is 19.8. The van der Waals surface area contributed by atoms with Crippen LogP contribution in [-0.4, -0.2) is 77.3 Å². The fraction of sp³-hybridized carbons (Fsp3) is 0.182. The van der Waals surface area contributed by atoms with Crippen molar-refractivity contribution in [1.82, 2.24) is 0 Å². The SMILES string of the molecule is CC1=NN(c2ccc(S(=O)(=O)CCOS(=O)(=O)O)cc2)C(=O)C1N=Nc1ccc2c(S(=O)(=O)O)cccc2c1S(=O)(=O)O. The van der Waals surface area contributed by atoms with Gasteiger partial charge in [-0.05, 0) is 43.3 Å². The van der Waals surface area contributed by atoms with E-state index >= 15 is 0 Å². The van der Waals surface area contributed by atoms with E-state index in [0.717, 1.165) is 41.4 Å². The van der Waals surface area contributed by atoms with Crippen LogP contribution in [0.3, 0.4) is 0 Å². The van der Waals surface area contributed by atoms with E-state index in [1.165, 1.54) is 25.1 Å². The zero-order valence-corrected chi connectivity index (χ0v) is 24.8. The maximum absolute atomic E-state index is 13.1. The third kappa shape index (κ3) is 7.10. The number of hydrazone groups is 1. The fourth-order valence-corrected chi connectivity index (χ4v) is 7.04. The van der Waals surface area contributed by atoms with E-state index < -0.39 is 80.3 Å². The first-order valence-electron chi connectivity index (χ1n) is 11.5. The Labute approximate surface area is 244 Å². The topological polar surface area (TPSA) is 264 Å². The van der Waals surface area contributed by atoms with Crippen LogP contribution in [0.1, 0.15) is 6.92 Å². The molecule has 3 aromatic rings. The van der Waals surface area contributed by atoms with E-state index in [1.807, 2.05) is 0 Å². The normalized spacial score (nSPS) is 16.7. The fourth-order valence-electron chi connectivity index (χ4n) is 4.02. The lowest BCUT2D eigenvalue weighted by Gasteiger charge is -2.13. The molecule has 0 saturated carbocycles. The highest BCUT2D eigenvalue weighted by atomic mass is 32.3. The molecule has 1 aliphatic heterocycles. The number of nitrogens with zero attached hydrogens (tertiary/aromatic N) is 4. The number of carbonyl (C=O) groups is 1. The number of benzene rings is 3. The second kappa shape index (κ2) is 11.4. The van der Waals surface area contributed by atoms with Crippen LogP contribution < -0.4 is 5.01 Å². The van der Waals surface area contributed by atoms with Gasteiger partial charge in [-0.2, -0.15) is 45.6 Å². The van der Waals surface area contributed by atoms with Gasteiger partial charge in [-0.15, -0.1) is 0 Å². The number of hydrogen-bond acceptors (Lipinski definition) is 13. The van der Waals surface area contributed by atoms with Gasteiger partial charge in [0.2, 0.25) is 0 Å². The molecule has 0 aliphatic carbocycles. The van der Waals surface area contributed by atoms with E-state index in [-0.39, 0.29) is 27.1 Å². The minimum absolute atomic E-state index is 0.107. The molecule has 21 heteroatoms. The number of sulfone groups is 1. The summed E-state index contributed by atoms with van der Waals surface area (Å²) in [6, 6.07) is 8.84. The maximum atomic E-state index is 13.1. The molecule has 4 rings (SSSR count). The largest absolute Gasteiger partial charge is 0.397 e. The van der Waals surface area contributed by atoms with Crippen LogP contribution in [0.15, 0.2) is 84.6 Å². The van der Waals surface area contributed by atoms with Crippen LogP contribution in [-0.2, 0) is 49.5 Å². The van der Waals surface area contributed by atoms with Gasteiger partial charge in [0.05, 0.1) is 28.7 Å². The molecule has 0 radical (unpaired) electrons. The van der Waals surface area contributed by atoms with Gasteiger partial charge < -0.3 is 0 Å². The standard InChI is InChI=1S/C22H20N4O13S4/c1-13-20(22(27)26(25-13)14-5-7-15(8-6-14)40(28,29)12-11-39-43(36,37)38)24-23-18-10-9-16-17(21(18)42(33,34)35)3-2-4-19(16)41(30,31)32/h2-10,20H,11-12H2,1H3,(H,30,31,32)(H,33,34,35)(H,36,37,38). The molecule has 3 N–H and O–H groups in total. The molecule has 1 aliphatic rings. The average Bonchev–Trinajstić information content (AvgIpc) is 3.17. The Bertz CT molecular complexity index is 2130. The number of fused-ring (bicyclic) bond motifs is 1. The molecule has 17 nitrogen and oxygen atoms in total. The molecule has 1 heterocycles. The highest BCUT2D eigenvalue weighted by Crippen LogP contribution is 2.36. The predicted octanol–water partition coefficient (Wildman–Crippen LogP) is 1.80. The highest BCUT2D eigenvalue weighted by Gasteiger charge is 2.35. The Morgan fingerprint density at radius 1 is 0.860 bits per heavy atom. The van der Waals surface area contributed by atoms with Crippen LogP contribution in [0.2, 0.25) is 0 Å². The van der Waals surface area contributed by atoms with Crippen LogP contribution in [0, 0.1) is 0 Å². The molecule has 0 spiro atoms. The van der Waals surface area contributed by atoms with Gasteiger partial charge in [0.15, 0.2) is 15.9 Å². The Balaban J connectivity index is 1.61. The van der Waals surface area contributed by atoms with Crippen molar-refractivity contribution in [2.75, 3.05) is 17.4 Å². The summed E-state index contributed by atoms with van der Waals surface area (Å²) >= 11 is 0. The third-order valence-electron chi connectivity index (χ3n) is 5.89. The van der Waals surface area contributed by atoms with Gasteiger partial charge in [-0.25, -0.2) is 12.6 Å². The third-order valence-corrected chi connectivity index (χ3v) is 9.90. The van der Waals surface area contributed by atoms with Crippen molar-refractivity contribution in [3.8, 4) is 0 Å². The van der Waals surface area contributed by atoms with Gasteiger partial charge >= 0.3 is 10.4 Å². The predicted molar refractivity (Wildman–Crippen MR) is 148 cm³/mol. The Kier molecular flexibility index (Phi) is 8.56. The van der Waals surface area contributed by atoms with Crippen molar-refractivity contribution in [2.45, 2.75) is 27.7 Å². The zero-order valence-electron chi connectivity index (χ0n) is 21.5. The van der Waals surface area contributed by atoms with Gasteiger partial charge in [0.25, 0.3) is 26.1 Å². The summed E-state index contributed by atoms with van der Waals surface area (Å²) < 4.78 is 126. The lowest BCUT2D eigenvalue weighted by molar-refractivity contribution is -0.117. The van der Waals surface area contributed by atoms with Crippen molar-refractivity contribution >= 4 is 74.2 Å². The number of azo groups is 1. The molecule has 1 amide bonds. The molecular formula is C22H20N4O13S4. The van der Waals surface area contributed by atoms with Crippen molar-refractivity contribution in [3.63, 3.8) is 0 Å². The lowest BCUT2D eigenvalue weighted by Crippen LogP contribution is -2.29. The minimum atomic E-state index is -5.03. The number of rotatable bonds is 10. The van der Waals surface area contributed by atoms with Gasteiger partial charge in [0, 0.05) is 10.8 Å². The number of hydrogen-bond donors (Lipinski definition) is 3. The molecule has 43 heavy (non-hydrogen) atoms. The van der Waals surface area contributed by atoms with Crippen molar-refractivity contribution in [1.29, 1.82) is 0 Å². The van der Waals surface area contributed by atoms with Crippen LogP contribution >= 0.6 is 0 Å². The molecule has 0 bridgehead atoms. The smallest absolute Gasteiger partial charge is 0.282 e. The summed E-state index contributed by atoms with van der Waals surface area (Å²) in [6.45, 7) is 0.583. The first kappa shape index (κ1) is 32.2. The Hall–Kier alpha value is -3.70. The van der Waals surface area contributed by atoms with Crippen LogP contribution in [0.25, 0.3) is 10.8 Å². The van der Waals surface area contributed by atoms with E-state index in [1.54, 1.807) is 0 Å². The molecule has 0 saturated heterocycles. The molecule has 0 fully saturated rings. The summed E-state index contributed by atoms with van der Waals surface area (Å²) in [5.74, 6) is -1.53. The second-order valence-corrected chi connectivity index (χ2v) is 14.7. The lowest BCUT2D eigenvalue weighted by atomic mass is 10.1. The average molecular weight is 677 g/mol. The number of amides is 1. The monoisotopic (exact) mass is 676 g/mol. The minimum Gasteiger partial charge on any atom is -0.282 e. The maximum Gasteiger partial charge on any atom is 0.397 e. The summed E-state index contributed by atoms with van der Waals surface area (Å²) in [4.78, 5) is 11.4. The highest BCUT2D eigenvalue weighted by molar-refractivity contribution is 7.91. The molecule has 3 aromatic carbocycles. The van der Waals surface area contributed by atoms with Gasteiger partial charge in [0.1, 0.15) is 15.5 Å². The first-order valence-corrected chi connectivity index (χ1v) is 17.4. The zero-order chi connectivity index (χ0) is 32.0. The van der Waals surface area contributed by atoms with E-state index in [2.05, 4.69) is 19.5 Å². The number of anilines is 1. The quantitative estimate of drug-likeness (QED) is 0.204. The molecule has 230 valence electrons. The summed E-state index contributed by atoms with van der Waals surface area (Å²) in [6.07, 6.45) is 0. The molecule has 1 atom stereocenters. The Morgan fingerprint density at radius 3 is 2.09 bits per heavy atom.